The second-order valence-electron chi connectivity index (χ2n) is 5.61. The van der Waals surface area contributed by atoms with Gasteiger partial charge in [-0.15, -0.1) is 0 Å². The summed E-state index contributed by atoms with van der Waals surface area (Å²) >= 11 is 0. The Hall–Kier alpha value is -2.01. The average molecular weight is 334 g/mol. The van der Waals surface area contributed by atoms with Crippen molar-refractivity contribution in [3.05, 3.63) is 54.1 Å². The van der Waals surface area contributed by atoms with Crippen LogP contribution in [0.3, 0.4) is 0 Å². The van der Waals surface area contributed by atoms with Gasteiger partial charge in [-0.1, -0.05) is 37.1 Å². The Morgan fingerprint density at radius 2 is 1.52 bits per heavy atom. The van der Waals surface area contributed by atoms with Gasteiger partial charge in [0.15, 0.2) is 9.84 Å². The standard InChI is InChI=1S/C18H22O4S/c19-16-12-11-15(18(20)14-16)8-4-1-2-7-13-23(21,22)17-9-5-3-6-10-17/h3,5-6,9-12,14,19-20H,1-2,4,7-8,13H2. The molecule has 0 spiro atoms. The molecule has 23 heavy (non-hydrogen) atoms. The molecular weight excluding hydrogens is 312 g/mol. The molecule has 0 fully saturated rings. The monoisotopic (exact) mass is 334 g/mol. The largest absolute Gasteiger partial charge is 0.508 e. The fraction of sp³-hybridized carbons (Fsp3) is 0.333. The average Bonchev–Trinajstić information content (AvgIpc) is 2.53. The van der Waals surface area contributed by atoms with Crippen LogP contribution < -0.4 is 0 Å². The van der Waals surface area contributed by atoms with Gasteiger partial charge in [0.05, 0.1) is 10.6 Å². The van der Waals surface area contributed by atoms with E-state index in [0.29, 0.717) is 11.3 Å². The zero-order chi connectivity index (χ0) is 16.7. The predicted molar refractivity (Wildman–Crippen MR) is 90.4 cm³/mol. The fourth-order valence-corrected chi connectivity index (χ4v) is 3.86. The minimum Gasteiger partial charge on any atom is -0.508 e. The first-order valence-electron chi connectivity index (χ1n) is 7.78. The van der Waals surface area contributed by atoms with Gasteiger partial charge in [-0.2, -0.15) is 0 Å². The molecule has 0 aliphatic carbocycles. The van der Waals surface area contributed by atoms with Gasteiger partial charge in [0.1, 0.15) is 11.5 Å². The molecule has 0 saturated heterocycles. The van der Waals surface area contributed by atoms with Crippen LogP contribution in [0.5, 0.6) is 11.5 Å². The summed E-state index contributed by atoms with van der Waals surface area (Å²) in [6, 6.07) is 13.1. The molecule has 0 heterocycles. The van der Waals surface area contributed by atoms with E-state index in [1.54, 1.807) is 42.5 Å². The van der Waals surface area contributed by atoms with Crippen molar-refractivity contribution >= 4 is 9.84 Å². The van der Waals surface area contributed by atoms with Gasteiger partial charge >= 0.3 is 0 Å². The summed E-state index contributed by atoms with van der Waals surface area (Å²) in [5.41, 5.74) is 0.805. The summed E-state index contributed by atoms with van der Waals surface area (Å²) in [4.78, 5) is 0.383. The van der Waals surface area contributed by atoms with Gasteiger partial charge in [-0.05, 0) is 43.0 Å². The van der Waals surface area contributed by atoms with E-state index in [4.69, 9.17) is 0 Å². The summed E-state index contributed by atoms with van der Waals surface area (Å²) in [7, 11) is -3.18. The Kier molecular flexibility index (Phi) is 6.04. The normalized spacial score (nSPS) is 11.5. The molecule has 5 heteroatoms. The number of sulfone groups is 1. The molecule has 0 aliphatic heterocycles. The van der Waals surface area contributed by atoms with Crippen LogP contribution in [0.1, 0.15) is 31.2 Å². The minimum atomic E-state index is -3.18. The summed E-state index contributed by atoms with van der Waals surface area (Å²) < 4.78 is 24.2. The molecule has 0 radical (unpaired) electrons. The van der Waals surface area contributed by atoms with Crippen LogP contribution in [-0.4, -0.2) is 24.4 Å². The molecule has 2 aromatic carbocycles. The molecule has 0 aromatic heterocycles. The molecule has 2 aromatic rings. The third kappa shape index (κ3) is 5.28. The first kappa shape index (κ1) is 17.3. The van der Waals surface area contributed by atoms with Crippen molar-refractivity contribution in [1.29, 1.82) is 0 Å². The highest BCUT2D eigenvalue weighted by Crippen LogP contribution is 2.24. The lowest BCUT2D eigenvalue weighted by atomic mass is 10.1. The first-order valence-corrected chi connectivity index (χ1v) is 9.43. The number of benzene rings is 2. The van der Waals surface area contributed by atoms with Crippen molar-refractivity contribution in [2.24, 2.45) is 0 Å². The highest BCUT2D eigenvalue weighted by atomic mass is 32.2. The number of aryl methyl sites for hydroxylation is 1. The first-order chi connectivity index (χ1) is 11.0. The third-order valence-electron chi connectivity index (χ3n) is 3.78. The van der Waals surface area contributed by atoms with Crippen molar-refractivity contribution in [3.8, 4) is 11.5 Å². The Morgan fingerprint density at radius 1 is 0.826 bits per heavy atom. The summed E-state index contributed by atoms with van der Waals surface area (Å²) in [5.74, 6) is 0.329. The molecule has 0 amide bonds. The van der Waals surface area contributed by atoms with E-state index in [9.17, 15) is 18.6 Å². The van der Waals surface area contributed by atoms with E-state index < -0.39 is 9.84 Å². The lowest BCUT2D eigenvalue weighted by Crippen LogP contribution is -2.06. The predicted octanol–water partition coefficient (Wildman–Crippen LogP) is 3.67. The lowest BCUT2D eigenvalue weighted by Gasteiger charge is -2.06. The summed E-state index contributed by atoms with van der Waals surface area (Å²) in [6.45, 7) is 0. The quantitative estimate of drug-likeness (QED) is 0.722. The second kappa shape index (κ2) is 8.02. The molecule has 124 valence electrons. The molecule has 2 rings (SSSR count). The Balaban J connectivity index is 1.70. The van der Waals surface area contributed by atoms with Crippen LogP contribution in [0.15, 0.2) is 53.4 Å². The molecule has 2 N–H and O–H groups in total. The SMILES string of the molecule is O=S(=O)(CCCCCCc1ccc(O)cc1O)c1ccccc1. The van der Waals surface area contributed by atoms with Gasteiger partial charge in [-0.25, -0.2) is 8.42 Å². The minimum absolute atomic E-state index is 0.0531. The van der Waals surface area contributed by atoms with Crippen molar-refractivity contribution < 1.29 is 18.6 Å². The van der Waals surface area contributed by atoms with Crippen molar-refractivity contribution in [2.75, 3.05) is 5.75 Å². The Bertz CT molecular complexity index is 724. The topological polar surface area (TPSA) is 74.6 Å². The zero-order valence-corrected chi connectivity index (χ0v) is 13.8. The molecule has 0 atom stereocenters. The maximum absolute atomic E-state index is 12.1. The zero-order valence-electron chi connectivity index (χ0n) is 13.0. The van der Waals surface area contributed by atoms with Crippen LogP contribution in [-0.2, 0) is 16.3 Å². The number of phenols is 2. The van der Waals surface area contributed by atoms with Crippen LogP contribution >= 0.6 is 0 Å². The Morgan fingerprint density at radius 3 is 2.22 bits per heavy atom. The van der Waals surface area contributed by atoms with Crippen molar-refractivity contribution in [1.82, 2.24) is 0 Å². The smallest absolute Gasteiger partial charge is 0.178 e. The number of rotatable bonds is 8. The Labute approximate surface area is 137 Å². The van der Waals surface area contributed by atoms with Gasteiger partial charge in [0.25, 0.3) is 0 Å². The van der Waals surface area contributed by atoms with Crippen LogP contribution in [0.25, 0.3) is 0 Å². The van der Waals surface area contributed by atoms with Gasteiger partial charge < -0.3 is 10.2 Å². The fourth-order valence-electron chi connectivity index (χ4n) is 2.47. The highest BCUT2D eigenvalue weighted by Gasteiger charge is 2.12. The second-order valence-corrected chi connectivity index (χ2v) is 7.72. The van der Waals surface area contributed by atoms with E-state index in [2.05, 4.69) is 0 Å². The van der Waals surface area contributed by atoms with E-state index in [1.807, 2.05) is 0 Å². The molecule has 0 unspecified atom stereocenters. The van der Waals surface area contributed by atoms with Crippen molar-refractivity contribution in [3.63, 3.8) is 0 Å². The molecule has 0 bridgehead atoms. The van der Waals surface area contributed by atoms with E-state index in [1.165, 1.54) is 6.07 Å². The number of phenolic OH excluding ortho intramolecular Hbond substituents is 2. The third-order valence-corrected chi connectivity index (χ3v) is 5.60. The number of hydrogen-bond acceptors (Lipinski definition) is 4. The number of unbranched alkanes of at least 4 members (excludes halogenated alkanes) is 3. The maximum Gasteiger partial charge on any atom is 0.178 e. The molecular formula is C18H22O4S. The molecule has 4 nitrogen and oxygen atoms in total. The van der Waals surface area contributed by atoms with E-state index >= 15 is 0 Å². The van der Waals surface area contributed by atoms with E-state index in [0.717, 1.165) is 31.2 Å². The maximum atomic E-state index is 12.1. The van der Waals surface area contributed by atoms with Crippen molar-refractivity contribution in [2.45, 2.75) is 37.0 Å². The van der Waals surface area contributed by atoms with Crippen LogP contribution in [0.4, 0.5) is 0 Å². The lowest BCUT2D eigenvalue weighted by molar-refractivity contribution is 0.445. The van der Waals surface area contributed by atoms with E-state index in [-0.39, 0.29) is 17.3 Å². The van der Waals surface area contributed by atoms with Gasteiger partial charge in [0.2, 0.25) is 0 Å². The highest BCUT2D eigenvalue weighted by molar-refractivity contribution is 7.91. The van der Waals surface area contributed by atoms with Gasteiger partial charge in [-0.3, -0.25) is 0 Å². The molecule has 0 aliphatic rings. The number of aromatic hydroxyl groups is 2. The van der Waals surface area contributed by atoms with Gasteiger partial charge in [0, 0.05) is 6.07 Å². The summed E-state index contributed by atoms with van der Waals surface area (Å²) in [5, 5.41) is 18.9. The number of hydrogen-bond donors (Lipinski definition) is 2. The van der Waals surface area contributed by atoms with Crippen LogP contribution in [0, 0.1) is 0 Å². The van der Waals surface area contributed by atoms with Crippen LogP contribution in [0.2, 0.25) is 0 Å². The molecule has 0 saturated carbocycles. The summed E-state index contributed by atoms with van der Waals surface area (Å²) in [6.07, 6.45) is 3.98.